The van der Waals surface area contributed by atoms with Crippen molar-refractivity contribution in [1.82, 2.24) is 9.78 Å². The summed E-state index contributed by atoms with van der Waals surface area (Å²) in [5.74, 6) is 1.28. The van der Waals surface area contributed by atoms with Crippen LogP contribution in [0.5, 0.6) is 5.75 Å². The number of nitrogens with zero attached hydrogens (tertiary/aromatic N) is 2. The topological polar surface area (TPSA) is 44.1 Å². The van der Waals surface area contributed by atoms with Crippen molar-refractivity contribution < 1.29 is 9.53 Å². The molecule has 118 valence electrons. The van der Waals surface area contributed by atoms with Crippen molar-refractivity contribution in [2.75, 3.05) is 7.11 Å². The fraction of sp³-hybridized carbons (Fsp3) is 0.444. The molecule has 0 unspecified atom stereocenters. The highest BCUT2D eigenvalue weighted by atomic mass is 16.5. The Bertz CT molecular complexity index is 654. The van der Waals surface area contributed by atoms with E-state index in [0.717, 1.165) is 30.0 Å². The maximum absolute atomic E-state index is 12.6. The average molecular weight is 300 g/mol. The second-order valence-electron chi connectivity index (χ2n) is 6.03. The highest BCUT2D eigenvalue weighted by Crippen LogP contribution is 2.19. The first-order chi connectivity index (χ1) is 10.4. The van der Waals surface area contributed by atoms with Gasteiger partial charge in [-0.05, 0) is 62.4 Å². The lowest BCUT2D eigenvalue weighted by Crippen LogP contribution is -2.15. The zero-order chi connectivity index (χ0) is 16.3. The molecule has 1 heterocycles. The zero-order valence-corrected chi connectivity index (χ0v) is 14.0. The lowest BCUT2D eigenvalue weighted by molar-refractivity contribution is 0.0942. The Balaban J connectivity index is 2.27. The molecule has 22 heavy (non-hydrogen) atoms. The van der Waals surface area contributed by atoms with Gasteiger partial charge in [0.1, 0.15) is 5.75 Å². The van der Waals surface area contributed by atoms with E-state index in [0.29, 0.717) is 11.5 Å². The number of carbonyl (C=O) groups is 1. The molecule has 0 radical (unpaired) electrons. The van der Waals surface area contributed by atoms with E-state index in [-0.39, 0.29) is 5.91 Å². The van der Waals surface area contributed by atoms with Crippen LogP contribution in [0, 0.1) is 19.8 Å². The van der Waals surface area contributed by atoms with E-state index in [1.165, 1.54) is 10.2 Å². The van der Waals surface area contributed by atoms with Crippen molar-refractivity contribution in [2.45, 2.75) is 40.5 Å². The van der Waals surface area contributed by atoms with E-state index in [1.807, 2.05) is 13.8 Å². The van der Waals surface area contributed by atoms with Crippen molar-refractivity contribution >= 4 is 5.91 Å². The number of rotatable bonds is 5. The van der Waals surface area contributed by atoms with Crippen LogP contribution in [0.4, 0.5) is 0 Å². The summed E-state index contributed by atoms with van der Waals surface area (Å²) in [6.45, 7) is 8.35. The minimum atomic E-state index is -0.0981. The molecule has 0 atom stereocenters. The third kappa shape index (κ3) is 3.38. The van der Waals surface area contributed by atoms with Crippen LogP contribution in [0.25, 0.3) is 0 Å². The molecule has 1 aromatic carbocycles. The van der Waals surface area contributed by atoms with Crippen molar-refractivity contribution in [2.24, 2.45) is 5.92 Å². The van der Waals surface area contributed by atoms with Crippen LogP contribution in [0.2, 0.25) is 0 Å². The molecular formula is C18H24N2O2. The average Bonchev–Trinajstić information content (AvgIpc) is 2.79. The number of aryl methyl sites for hydroxylation is 1. The van der Waals surface area contributed by atoms with Crippen molar-refractivity contribution in [1.29, 1.82) is 0 Å². The summed E-state index contributed by atoms with van der Waals surface area (Å²) in [5.41, 5.74) is 3.69. The van der Waals surface area contributed by atoms with E-state index in [4.69, 9.17) is 4.74 Å². The van der Waals surface area contributed by atoms with Gasteiger partial charge in [0, 0.05) is 11.3 Å². The Morgan fingerprint density at radius 2 is 1.86 bits per heavy atom. The molecule has 0 aliphatic rings. The predicted molar refractivity (Wildman–Crippen MR) is 87.6 cm³/mol. The minimum absolute atomic E-state index is 0.0981. The number of hydrogen-bond donors (Lipinski definition) is 0. The summed E-state index contributed by atoms with van der Waals surface area (Å²) in [6, 6.07) is 7.12. The zero-order valence-electron chi connectivity index (χ0n) is 14.0. The van der Waals surface area contributed by atoms with Gasteiger partial charge in [-0.3, -0.25) is 4.79 Å². The molecule has 4 heteroatoms. The standard InChI is InChI=1S/C18H24N2O2/c1-12(2)6-11-17-13(3)19-20(14(17)4)18(21)15-7-9-16(22-5)10-8-15/h7-10,12H,6,11H2,1-5H3. The molecule has 0 aliphatic carbocycles. The lowest BCUT2D eigenvalue weighted by Gasteiger charge is -2.07. The Morgan fingerprint density at radius 3 is 2.41 bits per heavy atom. The number of ether oxygens (including phenoxy) is 1. The molecule has 0 bridgehead atoms. The largest absolute Gasteiger partial charge is 0.497 e. The normalized spacial score (nSPS) is 11.0. The molecule has 2 rings (SSSR count). The van der Waals surface area contributed by atoms with Gasteiger partial charge in [0.15, 0.2) is 0 Å². The quantitative estimate of drug-likeness (QED) is 0.844. The molecule has 0 amide bonds. The monoisotopic (exact) mass is 300 g/mol. The maximum Gasteiger partial charge on any atom is 0.278 e. The van der Waals surface area contributed by atoms with Crippen LogP contribution < -0.4 is 4.74 Å². The molecule has 0 saturated heterocycles. The third-order valence-electron chi connectivity index (χ3n) is 3.94. The number of methoxy groups -OCH3 is 1. The second kappa shape index (κ2) is 6.77. The number of benzene rings is 1. The van der Waals surface area contributed by atoms with Crippen LogP contribution in [-0.2, 0) is 6.42 Å². The van der Waals surface area contributed by atoms with Gasteiger partial charge in [-0.2, -0.15) is 5.10 Å². The van der Waals surface area contributed by atoms with Crippen LogP contribution in [0.3, 0.4) is 0 Å². The summed E-state index contributed by atoms with van der Waals surface area (Å²) < 4.78 is 6.64. The van der Waals surface area contributed by atoms with Crippen molar-refractivity contribution in [3.8, 4) is 5.75 Å². The molecule has 0 aliphatic heterocycles. The molecule has 4 nitrogen and oxygen atoms in total. The van der Waals surface area contributed by atoms with Crippen LogP contribution in [-0.4, -0.2) is 22.8 Å². The number of aromatic nitrogens is 2. The van der Waals surface area contributed by atoms with Crippen LogP contribution in [0.1, 0.15) is 47.6 Å². The molecule has 0 N–H and O–H groups in total. The fourth-order valence-corrected chi connectivity index (χ4v) is 2.52. The maximum atomic E-state index is 12.6. The first kappa shape index (κ1) is 16.3. The Kier molecular flexibility index (Phi) is 5.01. The van der Waals surface area contributed by atoms with E-state index in [9.17, 15) is 4.79 Å². The van der Waals surface area contributed by atoms with Gasteiger partial charge in [0.05, 0.1) is 12.8 Å². The van der Waals surface area contributed by atoms with Crippen LogP contribution in [0.15, 0.2) is 24.3 Å². The van der Waals surface area contributed by atoms with E-state index in [2.05, 4.69) is 18.9 Å². The molecular weight excluding hydrogens is 276 g/mol. The first-order valence-corrected chi connectivity index (χ1v) is 7.68. The van der Waals surface area contributed by atoms with E-state index >= 15 is 0 Å². The van der Waals surface area contributed by atoms with Gasteiger partial charge in [0.25, 0.3) is 5.91 Å². The second-order valence-corrected chi connectivity index (χ2v) is 6.03. The molecule has 2 aromatic rings. The summed E-state index contributed by atoms with van der Waals surface area (Å²) >= 11 is 0. The van der Waals surface area contributed by atoms with Gasteiger partial charge in [-0.15, -0.1) is 0 Å². The van der Waals surface area contributed by atoms with Gasteiger partial charge in [0.2, 0.25) is 0 Å². The minimum Gasteiger partial charge on any atom is -0.497 e. The molecule has 0 saturated carbocycles. The number of hydrogen-bond acceptors (Lipinski definition) is 3. The summed E-state index contributed by atoms with van der Waals surface area (Å²) in [7, 11) is 1.61. The van der Waals surface area contributed by atoms with E-state index < -0.39 is 0 Å². The smallest absolute Gasteiger partial charge is 0.278 e. The fourth-order valence-electron chi connectivity index (χ4n) is 2.52. The summed E-state index contributed by atoms with van der Waals surface area (Å²) in [6.07, 6.45) is 2.06. The first-order valence-electron chi connectivity index (χ1n) is 7.68. The van der Waals surface area contributed by atoms with Crippen LogP contribution >= 0.6 is 0 Å². The van der Waals surface area contributed by atoms with Gasteiger partial charge < -0.3 is 4.74 Å². The van der Waals surface area contributed by atoms with Gasteiger partial charge >= 0.3 is 0 Å². The van der Waals surface area contributed by atoms with Crippen molar-refractivity contribution in [3.05, 3.63) is 46.8 Å². The number of carbonyl (C=O) groups excluding carboxylic acids is 1. The molecule has 0 fully saturated rings. The third-order valence-corrected chi connectivity index (χ3v) is 3.94. The Hall–Kier alpha value is -2.10. The summed E-state index contributed by atoms with van der Waals surface area (Å²) in [4.78, 5) is 12.6. The van der Waals surface area contributed by atoms with E-state index in [1.54, 1.807) is 31.4 Å². The Morgan fingerprint density at radius 1 is 1.23 bits per heavy atom. The highest BCUT2D eigenvalue weighted by molar-refractivity contribution is 5.96. The summed E-state index contributed by atoms with van der Waals surface area (Å²) in [5, 5.41) is 4.44. The molecule has 1 aromatic heterocycles. The predicted octanol–water partition coefficient (Wildman–Crippen LogP) is 3.79. The van der Waals surface area contributed by atoms with Gasteiger partial charge in [-0.1, -0.05) is 13.8 Å². The molecule has 0 spiro atoms. The van der Waals surface area contributed by atoms with Crippen molar-refractivity contribution in [3.63, 3.8) is 0 Å². The van der Waals surface area contributed by atoms with Gasteiger partial charge in [-0.25, -0.2) is 4.68 Å². The highest BCUT2D eigenvalue weighted by Gasteiger charge is 2.18. The SMILES string of the molecule is COc1ccc(C(=O)n2nc(C)c(CCC(C)C)c2C)cc1. The lowest BCUT2D eigenvalue weighted by atomic mass is 10.0. The Labute approximate surface area is 132 Å².